The predicted octanol–water partition coefficient (Wildman–Crippen LogP) is 3.05. The maximum absolute atomic E-state index is 14.3. The van der Waals surface area contributed by atoms with Gasteiger partial charge >= 0.3 is 6.55 Å². The first-order valence-corrected chi connectivity index (χ1v) is 10.0. The molecule has 2 N–H and O–H groups in total. The lowest BCUT2D eigenvalue weighted by Gasteiger charge is -2.43. The molecule has 166 valence electrons. The number of amidine groups is 1. The molecule has 2 aliphatic heterocycles. The summed E-state index contributed by atoms with van der Waals surface area (Å²) in [6.07, 6.45) is 6.79. The highest BCUT2D eigenvalue weighted by Crippen LogP contribution is 2.34. The number of alkyl halides is 3. The van der Waals surface area contributed by atoms with E-state index in [1.54, 1.807) is 17.2 Å². The minimum atomic E-state index is -2.72. The maximum Gasteiger partial charge on any atom is 0.333 e. The van der Waals surface area contributed by atoms with Crippen molar-refractivity contribution in [3.8, 4) is 11.1 Å². The van der Waals surface area contributed by atoms with Crippen LogP contribution in [0.5, 0.6) is 0 Å². The average molecular weight is 435 g/mol. The van der Waals surface area contributed by atoms with E-state index < -0.39 is 18.1 Å². The summed E-state index contributed by atoms with van der Waals surface area (Å²) in [4.78, 5) is 23.5. The van der Waals surface area contributed by atoms with Crippen molar-refractivity contribution in [3.05, 3.63) is 30.4 Å². The molecule has 2 aromatic rings. The van der Waals surface area contributed by atoms with Crippen molar-refractivity contribution >= 4 is 18.1 Å². The number of amides is 1. The van der Waals surface area contributed by atoms with Gasteiger partial charge in [0, 0.05) is 48.7 Å². The second kappa shape index (κ2) is 7.86. The summed E-state index contributed by atoms with van der Waals surface area (Å²) in [7, 11) is 0. The van der Waals surface area contributed by atoms with Crippen molar-refractivity contribution in [2.24, 2.45) is 4.99 Å². The summed E-state index contributed by atoms with van der Waals surface area (Å²) in [6.45, 7) is 0.788. The van der Waals surface area contributed by atoms with Crippen molar-refractivity contribution in [2.75, 3.05) is 13.1 Å². The Kier molecular flexibility index (Phi) is 5.36. The van der Waals surface area contributed by atoms with Gasteiger partial charge in [-0.1, -0.05) is 0 Å². The van der Waals surface area contributed by atoms with Crippen molar-refractivity contribution < 1.29 is 18.0 Å². The Morgan fingerprint density at radius 3 is 2.55 bits per heavy atom. The number of carbonyl (C=O) groups is 1. The molecule has 11 heteroatoms. The molecule has 2 bridgehead atoms. The molecule has 2 saturated heterocycles. The van der Waals surface area contributed by atoms with Crippen LogP contribution < -0.4 is 0 Å². The van der Waals surface area contributed by atoms with Crippen LogP contribution in [-0.4, -0.2) is 73.5 Å². The largest absolute Gasteiger partial charge is 0.358 e. The molecule has 2 atom stereocenters. The first kappa shape index (κ1) is 21.1. The van der Waals surface area contributed by atoms with Gasteiger partial charge in [-0.2, -0.15) is 13.9 Å². The number of piperazine rings is 1. The average Bonchev–Trinajstić information content (AvgIpc) is 3.42. The van der Waals surface area contributed by atoms with Gasteiger partial charge in [0.25, 0.3) is 5.91 Å². The molecule has 0 spiro atoms. The number of nitrogens with zero attached hydrogens (tertiary/aromatic N) is 5. The molecule has 0 aliphatic carbocycles. The number of aromatic amines is 1. The molecule has 31 heavy (non-hydrogen) atoms. The molecule has 2 fully saturated rings. The third kappa shape index (κ3) is 3.96. The lowest BCUT2D eigenvalue weighted by atomic mass is 10.1. The minimum absolute atomic E-state index is 0.129. The second-order valence-corrected chi connectivity index (χ2v) is 8.35. The Morgan fingerprint density at radius 2 is 2.00 bits per heavy atom. The van der Waals surface area contributed by atoms with Crippen LogP contribution in [0.3, 0.4) is 0 Å². The van der Waals surface area contributed by atoms with Gasteiger partial charge in [0.05, 0.1) is 11.9 Å². The van der Waals surface area contributed by atoms with Crippen LogP contribution in [-0.2, 0) is 4.79 Å². The monoisotopic (exact) mass is 435 g/mol. The zero-order valence-corrected chi connectivity index (χ0v) is 17.2. The molecular weight excluding hydrogens is 411 g/mol. The van der Waals surface area contributed by atoms with E-state index in [4.69, 9.17) is 5.41 Å². The molecule has 4 heterocycles. The Labute approximate surface area is 177 Å². The lowest BCUT2D eigenvalue weighted by molar-refractivity contribution is -0.147. The van der Waals surface area contributed by atoms with Crippen LogP contribution in [0.15, 0.2) is 29.6 Å². The number of rotatable bonds is 5. The van der Waals surface area contributed by atoms with E-state index >= 15 is 0 Å². The number of aromatic nitrogens is 3. The van der Waals surface area contributed by atoms with Crippen LogP contribution in [0.4, 0.5) is 13.2 Å². The summed E-state index contributed by atoms with van der Waals surface area (Å²) < 4.78 is 40.5. The van der Waals surface area contributed by atoms with Crippen molar-refractivity contribution in [3.63, 3.8) is 0 Å². The fourth-order valence-electron chi connectivity index (χ4n) is 4.38. The lowest BCUT2D eigenvalue weighted by Crippen LogP contribution is -2.60. The van der Waals surface area contributed by atoms with Crippen molar-refractivity contribution in [1.29, 1.82) is 5.41 Å². The fraction of sp³-hybridized carbons (Fsp3) is 0.500. The fourth-order valence-corrected chi connectivity index (χ4v) is 4.38. The SMILES string of the molecule is CC(C)(F)C(=O)N1C2CCC1CN(/C(=N/C=N)c1cc(-c3cnn(C(F)F)c3)c[nH]1)C2. The van der Waals surface area contributed by atoms with Gasteiger partial charge in [-0.05, 0) is 32.8 Å². The Morgan fingerprint density at radius 1 is 1.32 bits per heavy atom. The number of nitrogens with one attached hydrogen (secondary N) is 2. The van der Waals surface area contributed by atoms with Crippen LogP contribution in [0, 0.1) is 5.41 Å². The van der Waals surface area contributed by atoms with Gasteiger partial charge in [0.2, 0.25) is 0 Å². The topological polar surface area (TPSA) is 93.4 Å². The number of fused-ring (bicyclic) bond motifs is 2. The Balaban J connectivity index is 1.56. The van der Waals surface area contributed by atoms with E-state index in [9.17, 15) is 18.0 Å². The van der Waals surface area contributed by atoms with E-state index in [-0.39, 0.29) is 12.1 Å². The summed E-state index contributed by atoms with van der Waals surface area (Å²) in [5.74, 6) is 0.0226. The molecule has 0 saturated carbocycles. The van der Waals surface area contributed by atoms with Crippen LogP contribution in [0.1, 0.15) is 38.9 Å². The predicted molar refractivity (Wildman–Crippen MR) is 109 cm³/mol. The van der Waals surface area contributed by atoms with E-state index in [2.05, 4.69) is 15.1 Å². The summed E-state index contributed by atoms with van der Waals surface area (Å²) in [6, 6.07) is 1.51. The highest BCUT2D eigenvalue weighted by Gasteiger charge is 2.47. The number of carbonyl (C=O) groups excluding carboxylic acids is 1. The summed E-state index contributed by atoms with van der Waals surface area (Å²) >= 11 is 0. The van der Waals surface area contributed by atoms with Gasteiger partial charge in [-0.3, -0.25) is 10.2 Å². The molecule has 2 unspecified atom stereocenters. The number of hydrogen-bond donors (Lipinski definition) is 2. The van der Waals surface area contributed by atoms with Crippen molar-refractivity contribution in [1.82, 2.24) is 24.6 Å². The van der Waals surface area contributed by atoms with E-state index in [0.717, 1.165) is 19.2 Å². The highest BCUT2D eigenvalue weighted by atomic mass is 19.3. The zero-order valence-electron chi connectivity index (χ0n) is 17.2. The second-order valence-electron chi connectivity index (χ2n) is 8.35. The third-order valence-corrected chi connectivity index (χ3v) is 5.77. The van der Waals surface area contributed by atoms with Crippen molar-refractivity contribution in [2.45, 2.75) is 51.0 Å². The third-order valence-electron chi connectivity index (χ3n) is 5.77. The Hall–Kier alpha value is -3.11. The number of H-pyrrole nitrogens is 1. The molecule has 2 aliphatic rings. The van der Waals surface area contributed by atoms with Gasteiger partial charge in [-0.25, -0.2) is 14.1 Å². The smallest absolute Gasteiger partial charge is 0.333 e. The van der Waals surface area contributed by atoms with E-state index in [0.29, 0.717) is 40.4 Å². The number of aliphatic imine (C=N–C) groups is 1. The first-order chi connectivity index (χ1) is 14.7. The van der Waals surface area contributed by atoms with Gasteiger partial charge < -0.3 is 14.8 Å². The molecular formula is C20H24F3N7O. The van der Waals surface area contributed by atoms with E-state index in [1.165, 1.54) is 26.2 Å². The van der Waals surface area contributed by atoms with Crippen LogP contribution >= 0.6 is 0 Å². The van der Waals surface area contributed by atoms with Gasteiger partial charge in [0.15, 0.2) is 11.5 Å². The molecule has 0 radical (unpaired) electrons. The zero-order chi connectivity index (χ0) is 22.3. The molecule has 0 aromatic carbocycles. The quantitative estimate of drug-likeness (QED) is 0.558. The summed E-state index contributed by atoms with van der Waals surface area (Å²) in [5.41, 5.74) is -0.118. The van der Waals surface area contributed by atoms with Gasteiger partial charge in [0.1, 0.15) is 6.34 Å². The highest BCUT2D eigenvalue weighted by molar-refractivity contribution is 6.02. The normalized spacial score (nSPS) is 21.8. The molecule has 2 aromatic heterocycles. The van der Waals surface area contributed by atoms with Crippen LogP contribution in [0.2, 0.25) is 0 Å². The van der Waals surface area contributed by atoms with Gasteiger partial charge in [-0.15, -0.1) is 0 Å². The minimum Gasteiger partial charge on any atom is -0.358 e. The molecule has 8 nitrogen and oxygen atoms in total. The van der Waals surface area contributed by atoms with Crippen LogP contribution in [0.25, 0.3) is 11.1 Å². The molecule has 1 amide bonds. The number of hydrogen-bond acceptors (Lipinski definition) is 3. The number of halogens is 3. The first-order valence-electron chi connectivity index (χ1n) is 10.0. The summed E-state index contributed by atoms with van der Waals surface area (Å²) in [5, 5.41) is 11.1. The van der Waals surface area contributed by atoms with E-state index in [1.807, 2.05) is 4.90 Å². The maximum atomic E-state index is 14.3. The standard InChI is InChI=1S/C20H24F3N7O/c1-20(2,23)18(31)30-14-3-4-15(30)10-28(9-14)17(26-11-24)16-5-12(6-25-16)13-7-27-29(8-13)19(21)22/h5-8,11,14-15,19,24-25H,3-4,9-10H2,1-2H3/b24-11?,26-17+. The Bertz CT molecular complexity index is 993. The molecule has 4 rings (SSSR count). The number of likely N-dealkylation sites (tertiary alicyclic amines) is 1.